The number of carbonyl (C=O) groups excluding carboxylic acids is 1. The molecule has 0 amide bonds. The second-order valence-corrected chi connectivity index (χ2v) is 4.28. The molecule has 0 fully saturated rings. The van der Waals surface area contributed by atoms with E-state index in [-0.39, 0.29) is 12.1 Å². The predicted octanol–water partition coefficient (Wildman–Crippen LogP) is 0.184. The fourth-order valence-electron chi connectivity index (χ4n) is 1.01. The van der Waals surface area contributed by atoms with Crippen LogP contribution in [0.4, 0.5) is 0 Å². The Morgan fingerprint density at radius 2 is 2.19 bits per heavy atom. The Kier molecular flexibility index (Phi) is 3.44. The van der Waals surface area contributed by atoms with Gasteiger partial charge in [0.25, 0.3) is 5.56 Å². The number of ether oxygens (including phenoxy) is 1. The number of nitrogens with zero attached hydrogens (tertiary/aromatic N) is 1. The molecule has 1 heterocycles. The molecule has 88 valence electrons. The van der Waals surface area contributed by atoms with Gasteiger partial charge in [-0.2, -0.15) is 0 Å². The van der Waals surface area contributed by atoms with Crippen LogP contribution < -0.4 is 11.3 Å². The third kappa shape index (κ3) is 3.16. The Bertz CT molecular complexity index is 445. The zero-order chi connectivity index (χ0) is 12.3. The summed E-state index contributed by atoms with van der Waals surface area (Å²) in [6, 6.07) is 0. The van der Waals surface area contributed by atoms with E-state index in [9.17, 15) is 9.59 Å². The molecule has 3 N–H and O–H groups in total. The van der Waals surface area contributed by atoms with Crippen molar-refractivity contribution in [1.29, 1.82) is 0 Å². The first-order chi connectivity index (χ1) is 7.33. The molecule has 0 aromatic carbocycles. The van der Waals surface area contributed by atoms with Crippen LogP contribution in [0.15, 0.2) is 11.0 Å². The van der Waals surface area contributed by atoms with E-state index < -0.39 is 17.1 Å². The Balaban J connectivity index is 2.97. The normalized spacial score (nSPS) is 11.2. The van der Waals surface area contributed by atoms with Crippen LogP contribution in [0.3, 0.4) is 0 Å². The summed E-state index contributed by atoms with van der Waals surface area (Å²) in [4.78, 5) is 29.3. The fraction of sp³-hybridized carbons (Fsp3) is 0.500. The van der Waals surface area contributed by atoms with E-state index in [0.29, 0.717) is 5.82 Å². The number of aromatic amines is 1. The number of hydrogen-bond donors (Lipinski definition) is 2. The van der Waals surface area contributed by atoms with Gasteiger partial charge in [-0.05, 0) is 20.8 Å². The molecule has 6 nitrogen and oxygen atoms in total. The van der Waals surface area contributed by atoms with Crippen LogP contribution in [0.2, 0.25) is 0 Å². The SMILES string of the molecule is CC(C)(C)OC(=O)c1cnc(CN)[nH]c1=O. The number of H-pyrrole nitrogens is 1. The third-order valence-corrected chi connectivity index (χ3v) is 1.66. The van der Waals surface area contributed by atoms with Crippen LogP contribution in [0.1, 0.15) is 37.0 Å². The molecule has 6 heteroatoms. The quantitative estimate of drug-likeness (QED) is 0.700. The molecule has 0 spiro atoms. The molecule has 0 unspecified atom stereocenters. The fourth-order valence-corrected chi connectivity index (χ4v) is 1.01. The Hall–Kier alpha value is -1.69. The largest absolute Gasteiger partial charge is 0.456 e. The Morgan fingerprint density at radius 3 is 2.62 bits per heavy atom. The molecule has 0 aliphatic heterocycles. The summed E-state index contributed by atoms with van der Waals surface area (Å²) >= 11 is 0. The van der Waals surface area contributed by atoms with Gasteiger partial charge in [-0.25, -0.2) is 9.78 Å². The van der Waals surface area contributed by atoms with Crippen LogP contribution in [0, 0.1) is 0 Å². The standard InChI is InChI=1S/C10H15N3O3/c1-10(2,3)16-9(15)6-5-12-7(4-11)13-8(6)14/h5H,4,11H2,1-3H3,(H,12,13,14). The van der Waals surface area contributed by atoms with Crippen molar-refractivity contribution in [3.05, 3.63) is 27.9 Å². The van der Waals surface area contributed by atoms with Crippen molar-refractivity contribution in [3.8, 4) is 0 Å². The van der Waals surface area contributed by atoms with Gasteiger partial charge in [0.05, 0.1) is 6.54 Å². The van der Waals surface area contributed by atoms with E-state index in [4.69, 9.17) is 10.5 Å². The topological polar surface area (TPSA) is 98.1 Å². The summed E-state index contributed by atoms with van der Waals surface area (Å²) in [6.07, 6.45) is 1.18. The summed E-state index contributed by atoms with van der Waals surface area (Å²) in [7, 11) is 0. The van der Waals surface area contributed by atoms with Gasteiger partial charge in [0.15, 0.2) is 0 Å². The summed E-state index contributed by atoms with van der Waals surface area (Å²) in [5, 5.41) is 0. The smallest absolute Gasteiger partial charge is 0.345 e. The summed E-state index contributed by atoms with van der Waals surface area (Å²) in [6.45, 7) is 5.28. The van der Waals surface area contributed by atoms with Gasteiger partial charge >= 0.3 is 5.97 Å². The predicted molar refractivity (Wildman–Crippen MR) is 57.9 cm³/mol. The Morgan fingerprint density at radius 1 is 1.56 bits per heavy atom. The van der Waals surface area contributed by atoms with E-state index in [0.717, 1.165) is 0 Å². The highest BCUT2D eigenvalue weighted by atomic mass is 16.6. The Labute approximate surface area is 92.8 Å². The van der Waals surface area contributed by atoms with E-state index in [2.05, 4.69) is 9.97 Å². The highest BCUT2D eigenvalue weighted by Crippen LogP contribution is 2.09. The number of aromatic nitrogens is 2. The van der Waals surface area contributed by atoms with E-state index in [1.807, 2.05) is 0 Å². The molecule has 1 rings (SSSR count). The van der Waals surface area contributed by atoms with Crippen LogP contribution in [0.5, 0.6) is 0 Å². The second kappa shape index (κ2) is 4.44. The average molecular weight is 225 g/mol. The maximum Gasteiger partial charge on any atom is 0.345 e. The van der Waals surface area contributed by atoms with Crippen molar-refractivity contribution in [2.24, 2.45) is 5.73 Å². The molecule has 0 atom stereocenters. The molecule has 0 aliphatic carbocycles. The second-order valence-electron chi connectivity index (χ2n) is 4.28. The van der Waals surface area contributed by atoms with Crippen LogP contribution in [0.25, 0.3) is 0 Å². The molecule has 16 heavy (non-hydrogen) atoms. The molecule has 0 bridgehead atoms. The lowest BCUT2D eigenvalue weighted by atomic mass is 10.2. The van der Waals surface area contributed by atoms with Crippen molar-refractivity contribution in [2.45, 2.75) is 32.9 Å². The van der Waals surface area contributed by atoms with Crippen molar-refractivity contribution in [1.82, 2.24) is 9.97 Å². The van der Waals surface area contributed by atoms with Crippen molar-refractivity contribution < 1.29 is 9.53 Å². The van der Waals surface area contributed by atoms with E-state index in [1.165, 1.54) is 6.20 Å². The molecular weight excluding hydrogens is 210 g/mol. The number of nitrogens with two attached hydrogens (primary N) is 1. The maximum absolute atomic E-state index is 11.6. The highest BCUT2D eigenvalue weighted by Gasteiger charge is 2.20. The van der Waals surface area contributed by atoms with Gasteiger partial charge in [0, 0.05) is 6.20 Å². The van der Waals surface area contributed by atoms with Crippen LogP contribution >= 0.6 is 0 Å². The number of esters is 1. The van der Waals surface area contributed by atoms with Crippen molar-refractivity contribution in [2.75, 3.05) is 0 Å². The first-order valence-electron chi connectivity index (χ1n) is 4.85. The highest BCUT2D eigenvalue weighted by molar-refractivity contribution is 5.88. The first-order valence-corrected chi connectivity index (χ1v) is 4.85. The summed E-state index contributed by atoms with van der Waals surface area (Å²) < 4.78 is 5.05. The monoisotopic (exact) mass is 225 g/mol. The molecule has 0 saturated heterocycles. The van der Waals surface area contributed by atoms with E-state index >= 15 is 0 Å². The minimum Gasteiger partial charge on any atom is -0.456 e. The molecule has 0 aliphatic rings. The van der Waals surface area contributed by atoms with Crippen molar-refractivity contribution >= 4 is 5.97 Å². The maximum atomic E-state index is 11.6. The van der Waals surface area contributed by atoms with E-state index in [1.54, 1.807) is 20.8 Å². The summed E-state index contributed by atoms with van der Waals surface area (Å²) in [5.74, 6) is -0.359. The minimum atomic E-state index is -0.690. The lowest BCUT2D eigenvalue weighted by molar-refractivity contribution is 0.00670. The number of rotatable bonds is 2. The number of hydrogen-bond acceptors (Lipinski definition) is 5. The van der Waals surface area contributed by atoms with Gasteiger partial charge in [-0.3, -0.25) is 4.79 Å². The molecule has 0 radical (unpaired) electrons. The lowest BCUT2D eigenvalue weighted by Gasteiger charge is -2.18. The zero-order valence-corrected chi connectivity index (χ0v) is 9.53. The third-order valence-electron chi connectivity index (χ3n) is 1.66. The molecule has 1 aromatic rings. The molecule has 1 aromatic heterocycles. The van der Waals surface area contributed by atoms with Gasteiger partial charge in [-0.15, -0.1) is 0 Å². The first kappa shape index (κ1) is 12.4. The van der Waals surface area contributed by atoms with Gasteiger partial charge < -0.3 is 15.5 Å². The average Bonchev–Trinajstić information content (AvgIpc) is 2.14. The molecular formula is C10H15N3O3. The zero-order valence-electron chi connectivity index (χ0n) is 9.53. The van der Waals surface area contributed by atoms with Crippen molar-refractivity contribution in [3.63, 3.8) is 0 Å². The molecule has 0 saturated carbocycles. The number of nitrogens with one attached hydrogen (secondary N) is 1. The van der Waals surface area contributed by atoms with Gasteiger partial charge in [0.1, 0.15) is 17.0 Å². The van der Waals surface area contributed by atoms with Gasteiger partial charge in [-0.1, -0.05) is 0 Å². The minimum absolute atomic E-state index is 0.115. The lowest BCUT2D eigenvalue weighted by Crippen LogP contribution is -2.29. The van der Waals surface area contributed by atoms with Gasteiger partial charge in [0.2, 0.25) is 0 Å². The summed E-state index contributed by atoms with van der Waals surface area (Å²) in [5.41, 5.74) is 4.00. The van der Waals surface area contributed by atoms with Crippen LogP contribution in [-0.2, 0) is 11.3 Å². The van der Waals surface area contributed by atoms with Crippen LogP contribution in [-0.4, -0.2) is 21.5 Å². The number of carbonyl (C=O) groups is 1.